The topological polar surface area (TPSA) is 0 Å². The Morgan fingerprint density at radius 2 is 1.83 bits per heavy atom. The summed E-state index contributed by atoms with van der Waals surface area (Å²) < 4.78 is 0. The van der Waals surface area contributed by atoms with E-state index in [1.54, 1.807) is 5.57 Å². The predicted octanol–water partition coefficient (Wildman–Crippen LogP) is 6.21. The number of rotatable bonds is 10. The Hall–Kier alpha value is -0.780. The van der Waals surface area contributed by atoms with Crippen molar-refractivity contribution in [3.05, 3.63) is 36.0 Å². The third kappa shape index (κ3) is 5.25. The van der Waals surface area contributed by atoms with Gasteiger partial charge < -0.3 is 0 Å². The first kappa shape index (κ1) is 15.3. The fourth-order valence-electron chi connectivity index (χ4n) is 2.77. The lowest BCUT2D eigenvalue weighted by atomic mass is 9.92. The van der Waals surface area contributed by atoms with Crippen molar-refractivity contribution in [2.24, 2.45) is 5.92 Å². The summed E-state index contributed by atoms with van der Waals surface area (Å²) in [6.07, 6.45) is 18.8. The maximum absolute atomic E-state index is 3.85. The van der Waals surface area contributed by atoms with Crippen molar-refractivity contribution in [3.8, 4) is 0 Å². The van der Waals surface area contributed by atoms with E-state index in [-0.39, 0.29) is 0 Å². The number of allylic oxidation sites excluding steroid dienone is 5. The smallest absolute Gasteiger partial charge is 0.00141 e. The van der Waals surface area contributed by atoms with Crippen molar-refractivity contribution in [2.45, 2.75) is 71.6 Å². The van der Waals surface area contributed by atoms with Gasteiger partial charge in [0.15, 0.2) is 0 Å². The van der Waals surface area contributed by atoms with Crippen molar-refractivity contribution in [2.75, 3.05) is 0 Å². The monoisotopic (exact) mass is 246 g/mol. The average Bonchev–Trinajstić information content (AvgIpc) is 2.73. The van der Waals surface area contributed by atoms with Gasteiger partial charge in [-0.1, -0.05) is 69.8 Å². The van der Waals surface area contributed by atoms with Crippen molar-refractivity contribution < 1.29 is 0 Å². The Bertz CT molecular complexity index is 293. The molecular formula is C18H30. The molecule has 18 heavy (non-hydrogen) atoms. The molecule has 0 aliphatic heterocycles. The van der Waals surface area contributed by atoms with Crippen LogP contribution in [0.2, 0.25) is 0 Å². The highest BCUT2D eigenvalue weighted by Crippen LogP contribution is 2.33. The second-order valence-electron chi connectivity index (χ2n) is 5.51. The second-order valence-corrected chi connectivity index (χ2v) is 5.51. The van der Waals surface area contributed by atoms with E-state index < -0.39 is 0 Å². The molecule has 1 unspecified atom stereocenters. The van der Waals surface area contributed by atoms with E-state index in [9.17, 15) is 0 Å². The zero-order valence-electron chi connectivity index (χ0n) is 12.4. The van der Waals surface area contributed by atoms with E-state index in [0.29, 0.717) is 0 Å². The largest absolute Gasteiger partial charge is 0.103 e. The minimum atomic E-state index is 0.739. The molecule has 0 nitrogen and oxygen atoms in total. The number of hydrogen-bond acceptors (Lipinski definition) is 0. The first-order chi connectivity index (χ1) is 8.81. The fourth-order valence-corrected chi connectivity index (χ4v) is 2.77. The van der Waals surface area contributed by atoms with Gasteiger partial charge in [-0.15, -0.1) is 6.58 Å². The summed E-state index contributed by atoms with van der Waals surface area (Å²) in [5.74, 6) is 0.739. The zero-order chi connectivity index (χ0) is 13.2. The summed E-state index contributed by atoms with van der Waals surface area (Å²) in [6.45, 7) is 8.42. The Balaban J connectivity index is 2.48. The molecule has 0 heteroatoms. The van der Waals surface area contributed by atoms with Gasteiger partial charge in [-0.2, -0.15) is 0 Å². The summed E-state index contributed by atoms with van der Waals surface area (Å²) in [4.78, 5) is 0. The molecule has 0 aromatic rings. The Morgan fingerprint density at radius 3 is 2.50 bits per heavy atom. The lowest BCUT2D eigenvalue weighted by Gasteiger charge is -2.13. The summed E-state index contributed by atoms with van der Waals surface area (Å²) in [6, 6.07) is 0. The molecule has 0 N–H and O–H groups in total. The molecule has 0 aromatic carbocycles. The Kier molecular flexibility index (Phi) is 7.80. The van der Waals surface area contributed by atoms with Gasteiger partial charge in [0.2, 0.25) is 0 Å². The predicted molar refractivity (Wildman–Crippen MR) is 82.8 cm³/mol. The molecule has 0 saturated carbocycles. The molecule has 0 bridgehead atoms. The number of unbranched alkanes of at least 4 members (excludes halogenated alkanes) is 4. The molecule has 1 atom stereocenters. The first-order valence-electron chi connectivity index (χ1n) is 7.83. The highest BCUT2D eigenvalue weighted by molar-refractivity contribution is 5.36. The van der Waals surface area contributed by atoms with E-state index in [0.717, 1.165) is 12.3 Å². The summed E-state index contributed by atoms with van der Waals surface area (Å²) >= 11 is 0. The van der Waals surface area contributed by atoms with E-state index in [2.05, 4.69) is 32.6 Å². The van der Waals surface area contributed by atoms with Gasteiger partial charge in [-0.05, 0) is 37.2 Å². The SMILES string of the molecule is C=CCC1=CC(CCCCC)C(CCCCC)=C1. The Labute approximate surface area is 114 Å². The molecular weight excluding hydrogens is 216 g/mol. The van der Waals surface area contributed by atoms with Crippen LogP contribution in [0, 0.1) is 5.92 Å². The van der Waals surface area contributed by atoms with Crippen LogP contribution in [-0.4, -0.2) is 0 Å². The molecule has 0 radical (unpaired) electrons. The maximum Gasteiger partial charge on any atom is -0.00141 e. The molecule has 0 spiro atoms. The van der Waals surface area contributed by atoms with Crippen molar-refractivity contribution in [3.63, 3.8) is 0 Å². The number of hydrogen-bond donors (Lipinski definition) is 0. The van der Waals surface area contributed by atoms with Crippen LogP contribution in [0.5, 0.6) is 0 Å². The Morgan fingerprint density at radius 1 is 1.11 bits per heavy atom. The normalized spacial score (nSPS) is 18.7. The third-order valence-electron chi connectivity index (χ3n) is 3.83. The molecule has 0 heterocycles. The lowest BCUT2D eigenvalue weighted by Crippen LogP contribution is -1.98. The summed E-state index contributed by atoms with van der Waals surface area (Å²) in [7, 11) is 0. The molecule has 0 amide bonds. The molecule has 1 aliphatic rings. The van der Waals surface area contributed by atoms with Gasteiger partial charge in [0, 0.05) is 0 Å². The third-order valence-corrected chi connectivity index (χ3v) is 3.83. The molecule has 0 aromatic heterocycles. The highest BCUT2D eigenvalue weighted by Gasteiger charge is 2.17. The molecule has 0 fully saturated rings. The van der Waals surface area contributed by atoms with Gasteiger partial charge in [0.25, 0.3) is 0 Å². The summed E-state index contributed by atoms with van der Waals surface area (Å²) in [5, 5.41) is 0. The highest BCUT2D eigenvalue weighted by atomic mass is 14.2. The van der Waals surface area contributed by atoms with Crippen LogP contribution in [0.4, 0.5) is 0 Å². The second kappa shape index (κ2) is 9.19. The minimum absolute atomic E-state index is 0.739. The standard InChI is InChI=1S/C18H30/c1-4-7-9-12-17-14-16(11-6-3)15-18(17)13-10-8-5-2/h6,14-15,17H,3-5,7-13H2,1-2H3. The lowest BCUT2D eigenvalue weighted by molar-refractivity contribution is 0.571. The summed E-state index contributed by atoms with van der Waals surface area (Å²) in [5.41, 5.74) is 3.19. The van der Waals surface area contributed by atoms with Gasteiger partial charge in [0.1, 0.15) is 0 Å². The van der Waals surface area contributed by atoms with E-state index in [1.807, 2.05) is 6.08 Å². The minimum Gasteiger partial charge on any atom is -0.103 e. The van der Waals surface area contributed by atoms with E-state index in [4.69, 9.17) is 0 Å². The van der Waals surface area contributed by atoms with Crippen LogP contribution in [0.25, 0.3) is 0 Å². The van der Waals surface area contributed by atoms with E-state index >= 15 is 0 Å². The maximum atomic E-state index is 3.85. The van der Waals surface area contributed by atoms with Crippen molar-refractivity contribution >= 4 is 0 Å². The van der Waals surface area contributed by atoms with Crippen LogP contribution >= 0.6 is 0 Å². The van der Waals surface area contributed by atoms with Crippen LogP contribution in [-0.2, 0) is 0 Å². The van der Waals surface area contributed by atoms with Crippen molar-refractivity contribution in [1.82, 2.24) is 0 Å². The van der Waals surface area contributed by atoms with Gasteiger partial charge >= 0.3 is 0 Å². The first-order valence-corrected chi connectivity index (χ1v) is 7.83. The van der Waals surface area contributed by atoms with Crippen LogP contribution in [0.3, 0.4) is 0 Å². The molecule has 1 rings (SSSR count). The van der Waals surface area contributed by atoms with Crippen molar-refractivity contribution in [1.29, 1.82) is 0 Å². The average molecular weight is 246 g/mol. The van der Waals surface area contributed by atoms with Crippen LogP contribution in [0.1, 0.15) is 71.6 Å². The van der Waals surface area contributed by atoms with Gasteiger partial charge in [-0.3, -0.25) is 0 Å². The quantitative estimate of drug-likeness (QED) is 0.318. The van der Waals surface area contributed by atoms with Crippen LogP contribution < -0.4 is 0 Å². The van der Waals surface area contributed by atoms with Crippen LogP contribution in [0.15, 0.2) is 36.0 Å². The molecule has 102 valence electrons. The van der Waals surface area contributed by atoms with Gasteiger partial charge in [0.05, 0.1) is 0 Å². The van der Waals surface area contributed by atoms with Gasteiger partial charge in [-0.25, -0.2) is 0 Å². The fraction of sp³-hybridized carbons (Fsp3) is 0.667. The molecule has 0 saturated heterocycles. The molecule has 1 aliphatic carbocycles. The zero-order valence-corrected chi connectivity index (χ0v) is 12.4. The van der Waals surface area contributed by atoms with E-state index in [1.165, 1.54) is 56.9 Å².